The number of aliphatic hydroxyl groups excluding tert-OH is 1. The Bertz CT molecular complexity index is 1200. The van der Waals surface area contributed by atoms with Crippen LogP contribution < -0.4 is 0 Å². The van der Waals surface area contributed by atoms with E-state index in [1.54, 1.807) is 5.57 Å². The van der Waals surface area contributed by atoms with Crippen LogP contribution in [0.15, 0.2) is 41.5 Å². The van der Waals surface area contributed by atoms with Crippen LogP contribution in [-0.2, 0) is 16.1 Å². The summed E-state index contributed by atoms with van der Waals surface area (Å²) in [5.74, 6) is 1.26. The molecule has 7 atom stereocenters. The van der Waals surface area contributed by atoms with Gasteiger partial charge in [-0.25, -0.2) is 0 Å². The lowest BCUT2D eigenvalue weighted by Crippen LogP contribution is -2.64. The molecule has 0 bridgehead atoms. The molecule has 1 N–H and O–H groups in total. The molecule has 5 aliphatic rings. The lowest BCUT2D eigenvalue weighted by Gasteiger charge is -2.71. The molecule has 2 unspecified atom stereocenters. The lowest BCUT2D eigenvalue weighted by molar-refractivity contribution is -0.205. The quantitative estimate of drug-likeness (QED) is 0.304. The summed E-state index contributed by atoms with van der Waals surface area (Å²) in [5.41, 5.74) is 4.54. The number of aliphatic hydroxyl groups is 1. The van der Waals surface area contributed by atoms with Gasteiger partial charge in [0.15, 0.2) is 0 Å². The van der Waals surface area contributed by atoms with E-state index in [0.717, 1.165) is 56.9 Å². The first kappa shape index (κ1) is 28.5. The van der Waals surface area contributed by atoms with Gasteiger partial charge in [-0.1, -0.05) is 89.9 Å². The zero-order chi connectivity index (χ0) is 28.8. The van der Waals surface area contributed by atoms with Gasteiger partial charge in [0.05, 0.1) is 11.5 Å². The van der Waals surface area contributed by atoms with Crippen molar-refractivity contribution in [3.05, 3.63) is 47.0 Å². The molecule has 4 saturated carbocycles. The minimum Gasteiger partial charge on any atom is -0.460 e. The molecule has 0 aromatic heterocycles. The SMILES string of the molecule is CC1(C)CC[C@]2(C(=O)OCc3ccccc3)CC[C@]3(C)C(=C2C1)CCC1[C@@]2(C)CC[C@H](O)C(C)(C)C2CC[C@]13C. The molecule has 5 aliphatic carbocycles. The summed E-state index contributed by atoms with van der Waals surface area (Å²) in [7, 11) is 0. The van der Waals surface area contributed by atoms with Crippen molar-refractivity contribution in [1.29, 1.82) is 0 Å². The molecule has 0 saturated heterocycles. The van der Waals surface area contributed by atoms with E-state index in [4.69, 9.17) is 4.74 Å². The normalized spacial score (nSPS) is 43.5. The second-order valence-electron chi connectivity index (χ2n) is 16.8. The van der Waals surface area contributed by atoms with Crippen molar-refractivity contribution in [2.45, 2.75) is 132 Å². The van der Waals surface area contributed by atoms with E-state index in [-0.39, 0.29) is 39.1 Å². The fourth-order valence-electron chi connectivity index (χ4n) is 11.4. The zero-order valence-corrected chi connectivity index (χ0v) is 26.4. The van der Waals surface area contributed by atoms with Gasteiger partial charge in [0.25, 0.3) is 0 Å². The molecule has 3 nitrogen and oxygen atoms in total. The first-order valence-corrected chi connectivity index (χ1v) is 16.3. The highest BCUT2D eigenvalue weighted by Gasteiger charge is 2.68. The van der Waals surface area contributed by atoms with Crippen LogP contribution >= 0.6 is 0 Å². The van der Waals surface area contributed by atoms with Crippen LogP contribution in [0.4, 0.5) is 0 Å². The number of hydrogen-bond donors (Lipinski definition) is 1. The smallest absolute Gasteiger partial charge is 0.316 e. The van der Waals surface area contributed by atoms with Crippen LogP contribution in [0.25, 0.3) is 0 Å². The van der Waals surface area contributed by atoms with Gasteiger partial charge in [-0.2, -0.15) is 0 Å². The number of carbonyl (C=O) groups is 1. The second-order valence-corrected chi connectivity index (χ2v) is 16.8. The van der Waals surface area contributed by atoms with E-state index in [1.807, 2.05) is 18.2 Å². The van der Waals surface area contributed by atoms with Gasteiger partial charge in [0, 0.05) is 0 Å². The van der Waals surface area contributed by atoms with E-state index >= 15 is 0 Å². The van der Waals surface area contributed by atoms with Gasteiger partial charge in [0.2, 0.25) is 0 Å². The van der Waals surface area contributed by atoms with E-state index in [2.05, 4.69) is 60.6 Å². The summed E-state index contributed by atoms with van der Waals surface area (Å²) in [5, 5.41) is 11.0. The molecule has 4 fully saturated rings. The van der Waals surface area contributed by atoms with Crippen molar-refractivity contribution < 1.29 is 14.6 Å². The number of rotatable bonds is 3. The maximum atomic E-state index is 14.1. The van der Waals surface area contributed by atoms with Crippen LogP contribution in [-0.4, -0.2) is 17.2 Å². The van der Waals surface area contributed by atoms with Crippen molar-refractivity contribution >= 4 is 5.97 Å². The maximum absolute atomic E-state index is 14.1. The molecular formula is C37H54O3. The summed E-state index contributed by atoms with van der Waals surface area (Å²) < 4.78 is 6.16. The Labute approximate surface area is 243 Å². The molecule has 220 valence electrons. The number of fused-ring (bicyclic) bond motifs is 6. The number of allylic oxidation sites excluding steroid dienone is 1. The topological polar surface area (TPSA) is 46.5 Å². The van der Waals surface area contributed by atoms with Gasteiger partial charge in [-0.15, -0.1) is 0 Å². The molecule has 1 aromatic rings. The number of esters is 1. The van der Waals surface area contributed by atoms with E-state index in [0.29, 0.717) is 18.4 Å². The van der Waals surface area contributed by atoms with E-state index in [9.17, 15) is 9.90 Å². The zero-order valence-electron chi connectivity index (χ0n) is 26.4. The van der Waals surface area contributed by atoms with Crippen LogP contribution in [0.3, 0.4) is 0 Å². The highest BCUT2D eigenvalue weighted by molar-refractivity contribution is 5.82. The Kier molecular flexibility index (Phi) is 6.55. The lowest BCUT2D eigenvalue weighted by atomic mass is 9.34. The van der Waals surface area contributed by atoms with Crippen molar-refractivity contribution in [2.75, 3.05) is 0 Å². The molecular weight excluding hydrogens is 492 g/mol. The summed E-state index contributed by atoms with van der Waals surface area (Å²) in [4.78, 5) is 14.1. The summed E-state index contributed by atoms with van der Waals surface area (Å²) in [6.07, 6.45) is 11.7. The number of ether oxygens (including phenoxy) is 1. The molecule has 0 aliphatic heterocycles. The maximum Gasteiger partial charge on any atom is 0.316 e. The molecule has 0 amide bonds. The Morgan fingerprint density at radius 3 is 2.25 bits per heavy atom. The molecule has 1 aromatic carbocycles. The molecule has 0 spiro atoms. The second kappa shape index (κ2) is 9.19. The van der Waals surface area contributed by atoms with Crippen molar-refractivity contribution in [3.8, 4) is 0 Å². The number of carbonyl (C=O) groups excluding carboxylic acids is 1. The van der Waals surface area contributed by atoms with Gasteiger partial charge in [0.1, 0.15) is 6.61 Å². The van der Waals surface area contributed by atoms with Crippen molar-refractivity contribution in [2.24, 2.45) is 44.3 Å². The molecule has 40 heavy (non-hydrogen) atoms. The van der Waals surface area contributed by atoms with Crippen molar-refractivity contribution in [3.63, 3.8) is 0 Å². The minimum atomic E-state index is -0.444. The van der Waals surface area contributed by atoms with E-state index < -0.39 is 5.41 Å². The third-order valence-electron chi connectivity index (χ3n) is 14.1. The molecule has 3 heteroatoms. The Morgan fingerprint density at radius 1 is 0.825 bits per heavy atom. The predicted molar refractivity (Wildman–Crippen MR) is 161 cm³/mol. The Balaban J connectivity index is 1.38. The average molecular weight is 547 g/mol. The van der Waals surface area contributed by atoms with Crippen LogP contribution in [0, 0.1) is 44.3 Å². The first-order valence-electron chi connectivity index (χ1n) is 16.3. The molecule has 0 heterocycles. The van der Waals surface area contributed by atoms with Crippen LogP contribution in [0.1, 0.15) is 125 Å². The predicted octanol–water partition coefficient (Wildman–Crippen LogP) is 9.04. The Hall–Kier alpha value is -1.61. The fourth-order valence-corrected chi connectivity index (χ4v) is 11.4. The van der Waals surface area contributed by atoms with Gasteiger partial charge in [-0.3, -0.25) is 4.79 Å². The Morgan fingerprint density at radius 2 is 1.52 bits per heavy atom. The van der Waals surface area contributed by atoms with Gasteiger partial charge < -0.3 is 9.84 Å². The highest BCUT2D eigenvalue weighted by Crippen LogP contribution is 2.75. The standard InChI is InChI=1S/C37H54O3/c1-32(2)19-21-37(31(39)40-24-25-11-9-8-10-12-25)22-20-35(6)26(27(37)23-32)13-14-29-34(5)17-16-30(38)33(3,4)28(34)15-18-36(29,35)7/h8-12,28-30,38H,13-24H2,1-7H3/t28?,29?,30-,34-,35+,36+,37-/m0/s1. The van der Waals surface area contributed by atoms with Gasteiger partial charge in [-0.05, 0) is 115 Å². The van der Waals surface area contributed by atoms with E-state index in [1.165, 1.54) is 24.8 Å². The minimum absolute atomic E-state index is 0.0222. The van der Waals surface area contributed by atoms with Crippen LogP contribution in [0.2, 0.25) is 0 Å². The third kappa shape index (κ3) is 3.88. The molecule has 6 rings (SSSR count). The van der Waals surface area contributed by atoms with Crippen LogP contribution in [0.5, 0.6) is 0 Å². The largest absolute Gasteiger partial charge is 0.460 e. The monoisotopic (exact) mass is 546 g/mol. The summed E-state index contributed by atoms with van der Waals surface area (Å²) >= 11 is 0. The summed E-state index contributed by atoms with van der Waals surface area (Å²) in [6.45, 7) is 17.7. The fraction of sp³-hybridized carbons (Fsp3) is 0.757. The summed E-state index contributed by atoms with van der Waals surface area (Å²) in [6, 6.07) is 10.2. The highest BCUT2D eigenvalue weighted by atomic mass is 16.5. The molecule has 0 radical (unpaired) electrons. The average Bonchev–Trinajstić information content (AvgIpc) is 2.90. The first-order chi connectivity index (χ1) is 18.7. The van der Waals surface area contributed by atoms with Crippen molar-refractivity contribution in [1.82, 2.24) is 0 Å². The van der Waals surface area contributed by atoms with Gasteiger partial charge >= 0.3 is 5.97 Å². The number of benzene rings is 1. The third-order valence-corrected chi connectivity index (χ3v) is 14.1. The number of hydrogen-bond acceptors (Lipinski definition) is 3.